The summed E-state index contributed by atoms with van der Waals surface area (Å²) in [6.45, 7) is -13.1. The summed E-state index contributed by atoms with van der Waals surface area (Å²) in [6, 6.07) is 0. The molecule has 0 spiro atoms. The first-order chi connectivity index (χ1) is 30.9. The predicted octanol–water partition coefficient (Wildman–Crippen LogP) is 9.62. The summed E-state index contributed by atoms with van der Waals surface area (Å²) < 4.78 is 521. The van der Waals surface area contributed by atoms with Crippen LogP contribution in [0.4, 0.5) is 149 Å². The van der Waals surface area contributed by atoms with Gasteiger partial charge < -0.3 is 4.89 Å². The van der Waals surface area contributed by atoms with Gasteiger partial charge in [-0.3, -0.25) is 0 Å². The number of hydrogen-bond donors (Lipinski definition) is 1. The molecule has 0 aliphatic heterocycles. The molecule has 0 aromatic carbocycles. The number of halogens is 34. The van der Waals surface area contributed by atoms with Gasteiger partial charge in [-0.15, -0.1) is 8.78 Å². The Balaban J connectivity index is 6.72. The lowest BCUT2D eigenvalue weighted by molar-refractivity contribution is -0.458. The molecule has 433 valence electrons. The molecule has 2 N–H and O–H groups in total. The SMILES string of the molecule is CCN(CCO[P+]([O-])(ON)OCCN(CC)[S+]([O])(=O)C(F)(F)C(F)(F)C(F)(F)C(F)(F)C(F)(F)C(F)(F)C(F)(F)C(F)(F)F)S(=O)(=O)C(F)(F)C(F)(F)C(F)(F)C(F)(F)C(F)(F)C(F)(F)C(F)(F)C(F)(F)F. The van der Waals surface area contributed by atoms with Crippen molar-refractivity contribution in [2.45, 2.75) is 108 Å². The van der Waals surface area contributed by atoms with Gasteiger partial charge in [-0.05, 0) is 11.1 Å². The maximum absolute atomic E-state index is 14.6. The van der Waals surface area contributed by atoms with Crippen molar-refractivity contribution in [3.05, 3.63) is 0 Å². The van der Waals surface area contributed by atoms with Crippen LogP contribution >= 0.6 is 8.17 Å². The molecule has 0 rings (SSSR count). The molecule has 0 aromatic rings. The van der Waals surface area contributed by atoms with Crippen molar-refractivity contribution in [3.8, 4) is 0 Å². The molecule has 0 aliphatic carbocycles. The van der Waals surface area contributed by atoms with E-state index in [0.717, 1.165) is 0 Å². The summed E-state index contributed by atoms with van der Waals surface area (Å²) in [5.74, 6) is -104. The third-order valence-corrected chi connectivity index (χ3v) is 14.0. The van der Waals surface area contributed by atoms with Crippen molar-refractivity contribution < 1.29 is 185 Å². The van der Waals surface area contributed by atoms with E-state index in [1.165, 1.54) is 0 Å². The van der Waals surface area contributed by atoms with E-state index < -0.39 is 171 Å². The lowest BCUT2D eigenvalue weighted by atomic mass is 9.91. The van der Waals surface area contributed by atoms with E-state index in [2.05, 4.69) is 19.6 Å². The van der Waals surface area contributed by atoms with Crippen molar-refractivity contribution in [3.63, 3.8) is 0 Å². The van der Waals surface area contributed by atoms with Gasteiger partial charge >= 0.3 is 113 Å². The Morgan fingerprint density at radius 3 is 0.986 bits per heavy atom. The van der Waals surface area contributed by atoms with Gasteiger partial charge in [-0.25, -0.2) is 8.42 Å². The number of nitrogens with two attached hydrogens (primary N) is 1. The van der Waals surface area contributed by atoms with Crippen molar-refractivity contribution >= 4 is 28.6 Å². The fourth-order valence-corrected chi connectivity index (χ4v) is 8.12. The van der Waals surface area contributed by atoms with Gasteiger partial charge in [0.1, 0.15) is 13.2 Å². The molecular weight excluding hydrogens is 1200 g/mol. The van der Waals surface area contributed by atoms with Crippen LogP contribution in [0.2, 0.25) is 0 Å². The molecule has 0 bridgehead atoms. The highest BCUT2D eigenvalue weighted by Crippen LogP contribution is 2.67. The zero-order valence-electron chi connectivity index (χ0n) is 33.1. The quantitative estimate of drug-likeness (QED) is 0.0369. The summed E-state index contributed by atoms with van der Waals surface area (Å²) in [5, 5.41) is -16.4. The Labute approximate surface area is 375 Å². The highest BCUT2D eigenvalue weighted by Gasteiger charge is 2.99. The normalized spacial score (nSPS) is 18.0. The Morgan fingerprint density at radius 2 is 0.722 bits per heavy atom. The topological polar surface area (TPSA) is 154 Å². The molecule has 72 heavy (non-hydrogen) atoms. The number of sulfonamides is 2. The van der Waals surface area contributed by atoms with E-state index in [0.29, 0.717) is 0 Å². The Hall–Kier alpha value is -2.17. The molecule has 48 heteroatoms. The molecular formula is C24H20F34N3O8PS2+. The van der Waals surface area contributed by atoms with Gasteiger partial charge in [0.25, 0.3) is 10.0 Å². The second-order valence-electron chi connectivity index (χ2n) is 13.1. The number of phosphoric acid groups is 1. The molecule has 0 heterocycles. The summed E-state index contributed by atoms with van der Waals surface area (Å²) in [7, 11) is -22.4. The Bertz CT molecular complexity index is 2050. The molecule has 0 aliphatic rings. The van der Waals surface area contributed by atoms with Crippen LogP contribution in [0.25, 0.3) is 0 Å². The number of phosphoric ester groups is 1. The highest BCUT2D eigenvalue weighted by atomic mass is 32.3. The van der Waals surface area contributed by atoms with Crippen LogP contribution in [0.15, 0.2) is 0 Å². The van der Waals surface area contributed by atoms with E-state index in [1.54, 1.807) is 0 Å². The van der Waals surface area contributed by atoms with E-state index in [4.69, 9.17) is 0 Å². The summed E-state index contributed by atoms with van der Waals surface area (Å²) in [4.78, 5) is 12.5. The molecule has 0 fully saturated rings. The Morgan fingerprint density at radius 1 is 0.458 bits per heavy atom. The fraction of sp³-hybridized carbons (Fsp3) is 1.00. The summed E-state index contributed by atoms with van der Waals surface area (Å²) in [5.41, 5.74) is 0. The van der Waals surface area contributed by atoms with Crippen molar-refractivity contribution in [2.24, 2.45) is 5.90 Å². The first kappa shape index (κ1) is 69.8. The lowest BCUT2D eigenvalue weighted by Crippen LogP contribution is -2.75. The van der Waals surface area contributed by atoms with Gasteiger partial charge in [0.15, 0.2) is 0 Å². The minimum Gasteiger partial charge on any atom is -0.604 e. The summed E-state index contributed by atoms with van der Waals surface area (Å²) >= 11 is 0. The second-order valence-corrected chi connectivity index (χ2v) is 18.7. The molecule has 2 atom stereocenters. The number of nitrogens with zero attached hydrogens (tertiary/aromatic N) is 2. The minimum absolute atomic E-state index is 0.102. The smallest absolute Gasteiger partial charge is 0.535 e. The average molecular weight is 1220 g/mol. The first-order valence-electron chi connectivity index (χ1n) is 16.6. The van der Waals surface area contributed by atoms with Gasteiger partial charge in [0.05, 0.1) is 11.1 Å². The van der Waals surface area contributed by atoms with Crippen LogP contribution in [0.5, 0.6) is 0 Å². The van der Waals surface area contributed by atoms with E-state index in [-0.39, 0.29) is 13.8 Å². The maximum Gasteiger partial charge on any atom is 0.535 e. The van der Waals surface area contributed by atoms with Crippen LogP contribution in [0.1, 0.15) is 13.8 Å². The van der Waals surface area contributed by atoms with E-state index >= 15 is 0 Å². The minimum atomic E-state index is -9.27. The molecule has 0 saturated carbocycles. The molecule has 0 aromatic heterocycles. The second kappa shape index (κ2) is 19.7. The fourth-order valence-electron chi connectivity index (χ4n) is 4.45. The first-order valence-corrected chi connectivity index (χ1v) is 20.9. The van der Waals surface area contributed by atoms with Gasteiger partial charge in [-0.2, -0.15) is 160 Å². The van der Waals surface area contributed by atoms with Crippen LogP contribution < -0.4 is 10.8 Å². The highest BCUT2D eigenvalue weighted by molar-refractivity contribution is 7.96. The zero-order chi connectivity index (χ0) is 59.0. The molecule has 2 unspecified atom stereocenters. The third kappa shape index (κ3) is 9.91. The molecule has 1 radical (unpaired) electrons. The molecule has 11 nitrogen and oxygen atoms in total. The Kier molecular flexibility index (Phi) is 19.1. The van der Waals surface area contributed by atoms with Crippen LogP contribution in [-0.2, 0) is 42.9 Å². The van der Waals surface area contributed by atoms with Crippen LogP contribution in [0, 0.1) is 0 Å². The largest absolute Gasteiger partial charge is 0.604 e. The van der Waals surface area contributed by atoms with E-state index in [1.807, 2.05) is 0 Å². The van der Waals surface area contributed by atoms with Gasteiger partial charge in [0.2, 0.25) is 0 Å². The van der Waals surface area contributed by atoms with Crippen LogP contribution in [-0.4, -0.2) is 150 Å². The number of hydrogen-bond acceptors (Lipinski definition) is 8. The molecule has 0 saturated heterocycles. The molecule has 0 amide bonds. The van der Waals surface area contributed by atoms with E-state index in [9.17, 15) is 171 Å². The van der Waals surface area contributed by atoms with Crippen molar-refractivity contribution in [2.75, 3.05) is 39.4 Å². The van der Waals surface area contributed by atoms with Crippen LogP contribution in [0.3, 0.4) is 0 Å². The average Bonchev–Trinajstić information content (AvgIpc) is 3.18. The number of rotatable bonds is 27. The maximum atomic E-state index is 14.6. The standard InChI is InChI=1S/C24H20F34N3O8PS2/c1-3-60(71(63,64)23(55,56)19(45,46)15(37,38)11(29,30)9(25,26)13(33,34)17(41,42)21(49,50)51)5-7-67-70(62,69-59)68-8-6-61(4-2)72(65,66)24(57,58)20(47,48)16(39,40)12(31,32)10(27,28)14(35,36)18(43,44)22(52,53)54/h3-8,59H2,1-2H3/q+1. The number of alkyl halides is 34. The lowest BCUT2D eigenvalue weighted by Gasteiger charge is -2.43. The number of likely N-dealkylation sites (N-methyl/N-ethyl adjacent to an activating group) is 2. The monoisotopic (exact) mass is 1220 g/mol. The predicted molar refractivity (Wildman–Crippen MR) is 158 cm³/mol. The van der Waals surface area contributed by atoms with Crippen molar-refractivity contribution in [1.29, 1.82) is 0 Å². The zero-order valence-corrected chi connectivity index (χ0v) is 35.6. The van der Waals surface area contributed by atoms with Gasteiger partial charge in [-0.1, -0.05) is 15.9 Å². The summed E-state index contributed by atoms with van der Waals surface area (Å²) in [6.07, 6.45) is -16.3. The van der Waals surface area contributed by atoms with Crippen molar-refractivity contribution in [1.82, 2.24) is 8.61 Å². The third-order valence-electron chi connectivity index (χ3n) is 8.73. The van der Waals surface area contributed by atoms with Gasteiger partial charge in [0, 0.05) is 19.6 Å².